The predicted molar refractivity (Wildman–Crippen MR) is 68.5 cm³/mol. The molecule has 2 amide bonds. The van der Waals surface area contributed by atoms with Crippen molar-refractivity contribution in [2.75, 3.05) is 26.7 Å². The minimum atomic E-state index is -0.962. The molecule has 1 fully saturated rings. The van der Waals surface area contributed by atoms with E-state index >= 15 is 0 Å². The van der Waals surface area contributed by atoms with Crippen molar-refractivity contribution in [1.29, 1.82) is 0 Å². The van der Waals surface area contributed by atoms with Crippen molar-refractivity contribution < 1.29 is 19.5 Å². The maximum Gasteiger partial charge on any atom is 0.303 e. The zero-order valence-corrected chi connectivity index (χ0v) is 11.1. The SMILES string of the molecule is CNC(=O)CN1CCC(NC(=O)CCC(=O)O)CC1. The van der Waals surface area contributed by atoms with E-state index in [0.717, 1.165) is 25.9 Å². The monoisotopic (exact) mass is 271 g/mol. The molecule has 1 aliphatic rings. The van der Waals surface area contributed by atoms with Crippen molar-refractivity contribution in [3.63, 3.8) is 0 Å². The number of nitrogens with zero attached hydrogens (tertiary/aromatic N) is 1. The Balaban J connectivity index is 2.21. The van der Waals surface area contributed by atoms with Crippen molar-refractivity contribution in [2.45, 2.75) is 31.7 Å². The van der Waals surface area contributed by atoms with E-state index in [0.29, 0.717) is 6.54 Å². The number of piperidine rings is 1. The van der Waals surface area contributed by atoms with E-state index in [-0.39, 0.29) is 30.7 Å². The molecule has 0 atom stereocenters. The molecule has 0 aromatic heterocycles. The highest BCUT2D eigenvalue weighted by molar-refractivity contribution is 5.80. The summed E-state index contributed by atoms with van der Waals surface area (Å²) < 4.78 is 0. The fourth-order valence-electron chi connectivity index (χ4n) is 2.04. The first-order valence-corrected chi connectivity index (χ1v) is 6.45. The van der Waals surface area contributed by atoms with Crippen LogP contribution in [0.4, 0.5) is 0 Å². The largest absolute Gasteiger partial charge is 0.481 e. The molecule has 7 nitrogen and oxygen atoms in total. The zero-order chi connectivity index (χ0) is 14.3. The molecule has 108 valence electrons. The number of hydrogen-bond acceptors (Lipinski definition) is 4. The summed E-state index contributed by atoms with van der Waals surface area (Å²) in [5.41, 5.74) is 0. The fourth-order valence-corrected chi connectivity index (χ4v) is 2.04. The van der Waals surface area contributed by atoms with Crippen LogP contribution >= 0.6 is 0 Å². The highest BCUT2D eigenvalue weighted by Gasteiger charge is 2.21. The summed E-state index contributed by atoms with van der Waals surface area (Å²) in [6, 6.07) is 0.0854. The van der Waals surface area contributed by atoms with E-state index in [1.807, 2.05) is 4.90 Å². The first-order valence-electron chi connectivity index (χ1n) is 6.45. The summed E-state index contributed by atoms with van der Waals surface area (Å²) in [5, 5.41) is 13.9. The molecule has 1 heterocycles. The van der Waals surface area contributed by atoms with Crippen molar-refractivity contribution in [1.82, 2.24) is 15.5 Å². The van der Waals surface area contributed by atoms with Gasteiger partial charge in [-0.25, -0.2) is 0 Å². The Morgan fingerprint density at radius 3 is 2.32 bits per heavy atom. The van der Waals surface area contributed by atoms with Gasteiger partial charge in [-0.3, -0.25) is 19.3 Å². The first-order chi connectivity index (χ1) is 9.01. The third-order valence-corrected chi connectivity index (χ3v) is 3.16. The minimum absolute atomic E-state index is 0.0102. The van der Waals surface area contributed by atoms with E-state index in [4.69, 9.17) is 5.11 Å². The van der Waals surface area contributed by atoms with Crippen molar-refractivity contribution in [3.8, 4) is 0 Å². The number of hydrogen-bond donors (Lipinski definition) is 3. The number of nitrogens with one attached hydrogen (secondary N) is 2. The van der Waals surface area contributed by atoms with Gasteiger partial charge in [0, 0.05) is 32.6 Å². The summed E-state index contributed by atoms with van der Waals surface area (Å²) in [7, 11) is 1.61. The Morgan fingerprint density at radius 1 is 1.16 bits per heavy atom. The van der Waals surface area contributed by atoms with Crippen LogP contribution < -0.4 is 10.6 Å². The summed E-state index contributed by atoms with van der Waals surface area (Å²) in [6.45, 7) is 1.91. The molecule has 0 unspecified atom stereocenters. The van der Waals surface area contributed by atoms with Crippen molar-refractivity contribution in [2.24, 2.45) is 0 Å². The van der Waals surface area contributed by atoms with Crippen molar-refractivity contribution >= 4 is 17.8 Å². The highest BCUT2D eigenvalue weighted by atomic mass is 16.4. The Morgan fingerprint density at radius 2 is 1.79 bits per heavy atom. The van der Waals surface area contributed by atoms with Crippen LogP contribution in [-0.4, -0.2) is 60.5 Å². The molecule has 1 saturated heterocycles. The molecule has 0 radical (unpaired) electrons. The molecule has 0 bridgehead atoms. The fraction of sp³-hybridized carbons (Fsp3) is 0.750. The molecule has 0 saturated carbocycles. The topological polar surface area (TPSA) is 98.7 Å². The van der Waals surface area contributed by atoms with Gasteiger partial charge in [-0.15, -0.1) is 0 Å². The lowest BCUT2D eigenvalue weighted by Gasteiger charge is -2.31. The molecular weight excluding hydrogens is 250 g/mol. The number of rotatable bonds is 6. The van der Waals surface area contributed by atoms with Gasteiger partial charge >= 0.3 is 5.97 Å². The van der Waals surface area contributed by atoms with Crippen LogP contribution in [0.2, 0.25) is 0 Å². The zero-order valence-electron chi connectivity index (χ0n) is 11.1. The number of amides is 2. The van der Waals surface area contributed by atoms with Gasteiger partial charge < -0.3 is 15.7 Å². The van der Waals surface area contributed by atoms with Crippen LogP contribution in [0.1, 0.15) is 25.7 Å². The number of aliphatic carboxylic acids is 1. The molecule has 0 aliphatic carbocycles. The second-order valence-corrected chi connectivity index (χ2v) is 4.68. The summed E-state index contributed by atoms with van der Waals surface area (Å²) in [6.07, 6.45) is 1.46. The second kappa shape index (κ2) is 7.73. The molecule has 0 aromatic rings. The van der Waals surface area contributed by atoms with Gasteiger partial charge in [0.2, 0.25) is 11.8 Å². The molecule has 0 aromatic carbocycles. The average Bonchev–Trinajstić information content (AvgIpc) is 2.38. The third kappa shape index (κ3) is 6.19. The number of likely N-dealkylation sites (tertiary alicyclic amines) is 1. The summed E-state index contributed by atoms with van der Waals surface area (Å²) in [5.74, 6) is -1.19. The van der Waals surface area contributed by atoms with Crippen LogP contribution in [0.15, 0.2) is 0 Å². The van der Waals surface area contributed by atoms with Crippen LogP contribution in [0.3, 0.4) is 0 Å². The van der Waals surface area contributed by atoms with Gasteiger partial charge in [-0.2, -0.15) is 0 Å². The maximum atomic E-state index is 11.5. The lowest BCUT2D eigenvalue weighted by molar-refractivity contribution is -0.139. The molecule has 7 heteroatoms. The smallest absolute Gasteiger partial charge is 0.303 e. The van der Waals surface area contributed by atoms with Crippen molar-refractivity contribution in [3.05, 3.63) is 0 Å². The molecule has 1 aliphatic heterocycles. The van der Waals surface area contributed by atoms with Crippen LogP contribution in [0, 0.1) is 0 Å². The Kier molecular flexibility index (Phi) is 6.27. The van der Waals surface area contributed by atoms with Gasteiger partial charge in [0.25, 0.3) is 0 Å². The number of carboxylic acid groups (broad SMARTS) is 1. The van der Waals surface area contributed by atoms with Gasteiger partial charge in [-0.1, -0.05) is 0 Å². The molecule has 1 rings (SSSR count). The summed E-state index contributed by atoms with van der Waals surface area (Å²) >= 11 is 0. The molecule has 0 spiro atoms. The van der Waals surface area contributed by atoms with Gasteiger partial charge in [0.1, 0.15) is 0 Å². The lowest BCUT2D eigenvalue weighted by Crippen LogP contribution is -2.47. The lowest BCUT2D eigenvalue weighted by atomic mass is 10.0. The normalized spacial score (nSPS) is 16.9. The third-order valence-electron chi connectivity index (χ3n) is 3.16. The quantitative estimate of drug-likeness (QED) is 0.586. The second-order valence-electron chi connectivity index (χ2n) is 4.68. The van der Waals surface area contributed by atoms with E-state index in [1.165, 1.54) is 0 Å². The van der Waals surface area contributed by atoms with Gasteiger partial charge in [0.15, 0.2) is 0 Å². The van der Waals surface area contributed by atoms with Crippen LogP contribution in [0.5, 0.6) is 0 Å². The first kappa shape index (κ1) is 15.4. The van der Waals surface area contributed by atoms with Gasteiger partial charge in [0.05, 0.1) is 13.0 Å². The highest BCUT2D eigenvalue weighted by Crippen LogP contribution is 2.10. The van der Waals surface area contributed by atoms with E-state index in [9.17, 15) is 14.4 Å². The van der Waals surface area contributed by atoms with E-state index < -0.39 is 5.97 Å². The maximum absolute atomic E-state index is 11.5. The molecular formula is C12H21N3O4. The Labute approximate surface area is 112 Å². The van der Waals surface area contributed by atoms with Crippen LogP contribution in [0.25, 0.3) is 0 Å². The average molecular weight is 271 g/mol. The number of carbonyl (C=O) groups excluding carboxylic acids is 2. The van der Waals surface area contributed by atoms with E-state index in [1.54, 1.807) is 7.05 Å². The van der Waals surface area contributed by atoms with Gasteiger partial charge in [-0.05, 0) is 12.8 Å². The predicted octanol–water partition coefficient (Wildman–Crippen LogP) is -0.822. The number of carboxylic acids is 1. The minimum Gasteiger partial charge on any atom is -0.481 e. The van der Waals surface area contributed by atoms with Crippen LogP contribution in [-0.2, 0) is 14.4 Å². The number of carbonyl (C=O) groups is 3. The number of likely N-dealkylation sites (N-methyl/N-ethyl adjacent to an activating group) is 1. The summed E-state index contributed by atoms with van der Waals surface area (Å²) in [4.78, 5) is 35.1. The van der Waals surface area contributed by atoms with E-state index in [2.05, 4.69) is 10.6 Å². The molecule has 19 heavy (non-hydrogen) atoms. The molecule has 3 N–H and O–H groups in total. The Hall–Kier alpha value is -1.63. The Bertz CT molecular complexity index is 338. The standard InChI is InChI=1S/C12H21N3O4/c1-13-11(17)8-15-6-4-9(5-7-15)14-10(16)2-3-12(18)19/h9H,2-8H2,1H3,(H,13,17)(H,14,16)(H,18,19).